The van der Waals surface area contributed by atoms with Crippen LogP contribution in [0.5, 0.6) is 0 Å². The molecule has 1 heterocycles. The molecule has 18 heavy (non-hydrogen) atoms. The molecular formula is C15H16N2O. The summed E-state index contributed by atoms with van der Waals surface area (Å²) in [4.78, 5) is 14.0. The van der Waals surface area contributed by atoms with Crippen LogP contribution in [0.2, 0.25) is 0 Å². The van der Waals surface area contributed by atoms with Crippen molar-refractivity contribution in [3.63, 3.8) is 0 Å². The zero-order valence-corrected chi connectivity index (χ0v) is 10.2. The van der Waals surface area contributed by atoms with Crippen molar-refractivity contribution >= 4 is 5.91 Å². The standard InChI is InChI=1S/C15H16N2O/c1-2-7-16-15(18)14-10-17(14)13-8-11-5-3-4-6-12(11)9-13/h1,3-6,13-14H,7-10H2,(H,16,18). The van der Waals surface area contributed by atoms with E-state index >= 15 is 0 Å². The summed E-state index contributed by atoms with van der Waals surface area (Å²) in [5.74, 6) is 2.50. The van der Waals surface area contributed by atoms with Crippen LogP contribution in [-0.2, 0) is 17.6 Å². The molecule has 0 saturated carbocycles. The maximum absolute atomic E-state index is 11.8. The highest BCUT2D eigenvalue weighted by Crippen LogP contribution is 2.32. The predicted octanol–water partition coefficient (Wildman–Crippen LogP) is 0.587. The van der Waals surface area contributed by atoms with Crippen LogP contribution in [-0.4, -0.2) is 36.0 Å². The van der Waals surface area contributed by atoms with Gasteiger partial charge in [0.15, 0.2) is 0 Å². The number of benzene rings is 1. The van der Waals surface area contributed by atoms with Gasteiger partial charge in [0.1, 0.15) is 6.04 Å². The topological polar surface area (TPSA) is 32.1 Å². The number of rotatable bonds is 3. The molecule has 1 N–H and O–H groups in total. The monoisotopic (exact) mass is 240 g/mol. The Balaban J connectivity index is 1.58. The molecule has 1 aromatic carbocycles. The number of carbonyl (C=O) groups excluding carboxylic acids is 1. The van der Waals surface area contributed by atoms with Crippen molar-refractivity contribution in [3.05, 3.63) is 35.4 Å². The summed E-state index contributed by atoms with van der Waals surface area (Å²) in [6.45, 7) is 1.20. The third kappa shape index (κ3) is 2.00. The van der Waals surface area contributed by atoms with Gasteiger partial charge in [0.2, 0.25) is 5.91 Å². The quantitative estimate of drug-likeness (QED) is 0.619. The Hall–Kier alpha value is -1.79. The highest BCUT2D eigenvalue weighted by molar-refractivity contribution is 5.85. The first-order valence-electron chi connectivity index (χ1n) is 6.33. The largest absolute Gasteiger partial charge is 0.344 e. The smallest absolute Gasteiger partial charge is 0.239 e. The van der Waals surface area contributed by atoms with E-state index in [2.05, 4.69) is 40.4 Å². The van der Waals surface area contributed by atoms with Gasteiger partial charge in [-0.15, -0.1) is 6.42 Å². The molecule has 1 aromatic rings. The van der Waals surface area contributed by atoms with Crippen LogP contribution < -0.4 is 5.32 Å². The SMILES string of the molecule is C#CCNC(=O)C1CN1C1Cc2ccccc2C1. The minimum absolute atomic E-state index is 0.0395. The lowest BCUT2D eigenvalue weighted by molar-refractivity contribution is -0.121. The highest BCUT2D eigenvalue weighted by atomic mass is 16.2. The Morgan fingerprint density at radius 1 is 1.39 bits per heavy atom. The zero-order chi connectivity index (χ0) is 12.5. The van der Waals surface area contributed by atoms with Crippen molar-refractivity contribution in [2.24, 2.45) is 0 Å². The van der Waals surface area contributed by atoms with Crippen molar-refractivity contribution in [2.75, 3.05) is 13.1 Å². The average Bonchev–Trinajstić information content (AvgIpc) is 3.08. The van der Waals surface area contributed by atoms with E-state index in [0.29, 0.717) is 12.6 Å². The minimum Gasteiger partial charge on any atom is -0.344 e. The van der Waals surface area contributed by atoms with Crippen molar-refractivity contribution in [1.29, 1.82) is 0 Å². The molecule has 2 atom stereocenters. The number of nitrogens with zero attached hydrogens (tertiary/aromatic N) is 1. The maximum atomic E-state index is 11.8. The van der Waals surface area contributed by atoms with Crippen LogP contribution in [0.25, 0.3) is 0 Å². The van der Waals surface area contributed by atoms with Crippen molar-refractivity contribution in [2.45, 2.75) is 24.9 Å². The van der Waals surface area contributed by atoms with E-state index < -0.39 is 0 Å². The average molecular weight is 240 g/mol. The molecule has 3 rings (SSSR count). The maximum Gasteiger partial charge on any atom is 0.239 e. The number of nitrogens with one attached hydrogen (secondary N) is 1. The number of fused-ring (bicyclic) bond motifs is 1. The molecule has 1 saturated heterocycles. The lowest BCUT2D eigenvalue weighted by Crippen LogP contribution is -2.33. The van der Waals surface area contributed by atoms with Crippen LogP contribution in [0.15, 0.2) is 24.3 Å². The van der Waals surface area contributed by atoms with Gasteiger partial charge < -0.3 is 5.32 Å². The van der Waals surface area contributed by atoms with E-state index in [0.717, 1.165) is 19.4 Å². The third-order valence-electron chi connectivity index (χ3n) is 3.82. The van der Waals surface area contributed by atoms with Crippen LogP contribution >= 0.6 is 0 Å². The Kier molecular flexibility index (Phi) is 2.81. The van der Waals surface area contributed by atoms with Gasteiger partial charge in [-0.1, -0.05) is 30.2 Å². The van der Waals surface area contributed by atoms with E-state index in [1.54, 1.807) is 0 Å². The second-order valence-electron chi connectivity index (χ2n) is 4.97. The van der Waals surface area contributed by atoms with Gasteiger partial charge in [-0.2, -0.15) is 0 Å². The van der Waals surface area contributed by atoms with E-state index in [4.69, 9.17) is 6.42 Å². The lowest BCUT2D eigenvalue weighted by Gasteiger charge is -2.11. The fourth-order valence-electron chi connectivity index (χ4n) is 2.82. The summed E-state index contributed by atoms with van der Waals surface area (Å²) in [7, 11) is 0. The van der Waals surface area contributed by atoms with Gasteiger partial charge in [0.05, 0.1) is 6.54 Å². The summed E-state index contributed by atoms with van der Waals surface area (Å²) < 4.78 is 0. The van der Waals surface area contributed by atoms with Gasteiger partial charge in [-0.25, -0.2) is 0 Å². The Morgan fingerprint density at radius 2 is 2.06 bits per heavy atom. The first-order chi connectivity index (χ1) is 8.79. The summed E-state index contributed by atoms with van der Waals surface area (Å²) >= 11 is 0. The van der Waals surface area contributed by atoms with Crippen molar-refractivity contribution in [1.82, 2.24) is 10.2 Å². The number of hydrogen-bond acceptors (Lipinski definition) is 2. The first-order valence-corrected chi connectivity index (χ1v) is 6.33. The van der Waals surface area contributed by atoms with Crippen LogP contribution in [0.4, 0.5) is 0 Å². The molecular weight excluding hydrogens is 224 g/mol. The number of hydrogen-bond donors (Lipinski definition) is 1. The molecule has 92 valence electrons. The molecule has 2 aliphatic rings. The van der Waals surface area contributed by atoms with Gasteiger partial charge in [-0.3, -0.25) is 9.69 Å². The Morgan fingerprint density at radius 3 is 2.67 bits per heavy atom. The van der Waals surface area contributed by atoms with Crippen LogP contribution in [0.3, 0.4) is 0 Å². The molecule has 3 heteroatoms. The molecule has 0 radical (unpaired) electrons. The van der Waals surface area contributed by atoms with Gasteiger partial charge >= 0.3 is 0 Å². The number of terminal acetylenes is 1. The van der Waals surface area contributed by atoms with E-state index in [1.165, 1.54) is 11.1 Å². The first kappa shape index (κ1) is 11.3. The fourth-order valence-corrected chi connectivity index (χ4v) is 2.82. The highest BCUT2D eigenvalue weighted by Gasteiger charge is 2.45. The molecule has 2 unspecified atom stereocenters. The lowest BCUT2D eigenvalue weighted by atomic mass is 10.1. The van der Waals surface area contributed by atoms with Crippen molar-refractivity contribution < 1.29 is 4.79 Å². The van der Waals surface area contributed by atoms with Gasteiger partial charge in [0, 0.05) is 12.6 Å². The second-order valence-corrected chi connectivity index (χ2v) is 4.97. The predicted molar refractivity (Wildman–Crippen MR) is 70.0 cm³/mol. The molecule has 1 aliphatic carbocycles. The molecule has 1 aliphatic heterocycles. The van der Waals surface area contributed by atoms with Gasteiger partial charge in [-0.05, 0) is 24.0 Å². The molecule has 0 aromatic heterocycles. The van der Waals surface area contributed by atoms with Crippen molar-refractivity contribution in [3.8, 4) is 12.3 Å². The Labute approximate surface area is 107 Å². The third-order valence-corrected chi connectivity index (χ3v) is 3.82. The number of carbonyl (C=O) groups is 1. The summed E-state index contributed by atoms with van der Waals surface area (Å²) in [5, 5.41) is 2.75. The molecule has 0 spiro atoms. The zero-order valence-electron chi connectivity index (χ0n) is 10.2. The Bertz CT molecular complexity index is 492. The van der Waals surface area contributed by atoms with E-state index in [9.17, 15) is 4.79 Å². The summed E-state index contributed by atoms with van der Waals surface area (Å²) in [6, 6.07) is 9.07. The minimum atomic E-state index is 0.0395. The summed E-state index contributed by atoms with van der Waals surface area (Å²) in [6.07, 6.45) is 7.26. The molecule has 1 amide bonds. The molecule has 3 nitrogen and oxygen atoms in total. The summed E-state index contributed by atoms with van der Waals surface area (Å²) in [5.41, 5.74) is 2.86. The second kappa shape index (κ2) is 4.47. The number of amides is 1. The molecule has 1 fully saturated rings. The van der Waals surface area contributed by atoms with E-state index in [1.807, 2.05) is 0 Å². The van der Waals surface area contributed by atoms with E-state index in [-0.39, 0.29) is 11.9 Å². The van der Waals surface area contributed by atoms with Gasteiger partial charge in [0.25, 0.3) is 0 Å². The van der Waals surface area contributed by atoms with Crippen LogP contribution in [0, 0.1) is 12.3 Å². The van der Waals surface area contributed by atoms with Crippen LogP contribution in [0.1, 0.15) is 11.1 Å². The fraction of sp³-hybridized carbons (Fsp3) is 0.400. The molecule has 0 bridgehead atoms. The normalized spacial score (nSPS) is 25.3.